The van der Waals surface area contributed by atoms with Crippen molar-refractivity contribution in [3.05, 3.63) is 106 Å². The average Bonchev–Trinajstić information content (AvgIpc) is 2.85. The highest BCUT2D eigenvalue weighted by molar-refractivity contribution is 5.62. The molecule has 0 aliphatic carbocycles. The molecule has 0 saturated heterocycles. The second-order valence-electron chi connectivity index (χ2n) is 8.45. The largest absolute Gasteiger partial charge is 0.416 e. The Morgan fingerprint density at radius 1 is 0.595 bits per heavy atom. The van der Waals surface area contributed by atoms with Crippen molar-refractivity contribution in [1.82, 2.24) is 9.97 Å². The molecular formula is C28H19F6N3. The molecule has 0 bridgehead atoms. The predicted molar refractivity (Wildman–Crippen MR) is 126 cm³/mol. The van der Waals surface area contributed by atoms with Crippen LogP contribution >= 0.6 is 0 Å². The van der Waals surface area contributed by atoms with E-state index in [-0.39, 0.29) is 0 Å². The number of halogens is 6. The summed E-state index contributed by atoms with van der Waals surface area (Å²) in [5.74, 6) is -0.719. The maximum Gasteiger partial charge on any atom is 0.416 e. The van der Waals surface area contributed by atoms with Gasteiger partial charge in [0.05, 0.1) is 34.5 Å². The van der Waals surface area contributed by atoms with E-state index in [1.807, 2.05) is 0 Å². The van der Waals surface area contributed by atoms with Gasteiger partial charge in [-0.05, 0) is 61.4 Å². The van der Waals surface area contributed by atoms with Crippen molar-refractivity contribution >= 4 is 0 Å². The minimum atomic E-state index is -4.43. The van der Waals surface area contributed by atoms with Gasteiger partial charge in [-0.1, -0.05) is 36.4 Å². The number of nitriles is 1. The standard InChI is InChI=1S/C28H19F6N3/c1-16-22(11-13-25(36-16)18-3-7-20(8-4-18)27(29,30)31)24(15-35)23-12-14-26(37-17(23)2)19-5-9-21(10-6-19)28(32,33)34/h3-14,24H,1-2H3. The third-order valence-corrected chi connectivity index (χ3v) is 6.02. The molecule has 2 heterocycles. The molecule has 2 aromatic carbocycles. The topological polar surface area (TPSA) is 49.6 Å². The van der Waals surface area contributed by atoms with Crippen molar-refractivity contribution < 1.29 is 26.3 Å². The molecule has 9 heteroatoms. The molecule has 4 rings (SSSR count). The maximum absolute atomic E-state index is 12.8. The van der Waals surface area contributed by atoms with Crippen molar-refractivity contribution in [2.24, 2.45) is 0 Å². The molecule has 0 aliphatic heterocycles. The van der Waals surface area contributed by atoms with Crippen LogP contribution in [0.5, 0.6) is 0 Å². The van der Waals surface area contributed by atoms with Crippen LogP contribution < -0.4 is 0 Å². The van der Waals surface area contributed by atoms with E-state index in [4.69, 9.17) is 0 Å². The van der Waals surface area contributed by atoms with Crippen LogP contribution in [0.1, 0.15) is 39.6 Å². The number of hydrogen-bond donors (Lipinski definition) is 0. The molecule has 0 atom stereocenters. The van der Waals surface area contributed by atoms with Gasteiger partial charge >= 0.3 is 12.4 Å². The molecule has 0 unspecified atom stereocenters. The van der Waals surface area contributed by atoms with Crippen molar-refractivity contribution in [2.75, 3.05) is 0 Å². The van der Waals surface area contributed by atoms with Crippen LogP contribution in [0, 0.1) is 25.2 Å². The van der Waals surface area contributed by atoms with E-state index < -0.39 is 29.4 Å². The Morgan fingerprint density at radius 2 is 0.946 bits per heavy atom. The first-order valence-corrected chi connectivity index (χ1v) is 11.1. The van der Waals surface area contributed by atoms with E-state index in [0.29, 0.717) is 45.0 Å². The molecule has 0 fully saturated rings. The monoisotopic (exact) mass is 511 g/mol. The summed E-state index contributed by atoms with van der Waals surface area (Å²) in [5.41, 5.74) is 2.76. The molecule has 0 aliphatic rings. The lowest BCUT2D eigenvalue weighted by Gasteiger charge is -2.16. The van der Waals surface area contributed by atoms with Crippen LogP contribution in [0.15, 0.2) is 72.8 Å². The van der Waals surface area contributed by atoms with E-state index in [1.165, 1.54) is 24.3 Å². The summed E-state index contributed by atoms with van der Waals surface area (Å²) in [6, 6.07) is 18.3. The fourth-order valence-corrected chi connectivity index (χ4v) is 4.04. The summed E-state index contributed by atoms with van der Waals surface area (Å²) in [4.78, 5) is 9.02. The first-order valence-electron chi connectivity index (χ1n) is 11.1. The first-order chi connectivity index (χ1) is 17.4. The summed E-state index contributed by atoms with van der Waals surface area (Å²) in [6.07, 6.45) is -8.86. The van der Waals surface area contributed by atoms with Gasteiger partial charge in [0.1, 0.15) is 0 Å². The Hall–Kier alpha value is -4.19. The number of pyridine rings is 2. The molecule has 0 saturated carbocycles. The van der Waals surface area contributed by atoms with E-state index in [0.717, 1.165) is 24.3 Å². The number of benzene rings is 2. The van der Waals surface area contributed by atoms with Crippen molar-refractivity contribution in [1.29, 1.82) is 5.26 Å². The van der Waals surface area contributed by atoms with Crippen LogP contribution in [-0.4, -0.2) is 9.97 Å². The van der Waals surface area contributed by atoms with Gasteiger partial charge in [-0.25, -0.2) is 0 Å². The van der Waals surface area contributed by atoms with Crippen molar-refractivity contribution in [3.8, 4) is 28.6 Å². The number of rotatable bonds is 4. The van der Waals surface area contributed by atoms with E-state index >= 15 is 0 Å². The third kappa shape index (κ3) is 5.48. The summed E-state index contributed by atoms with van der Waals surface area (Å²) in [7, 11) is 0. The Balaban J connectivity index is 1.62. The molecule has 188 valence electrons. The highest BCUT2D eigenvalue weighted by Gasteiger charge is 2.31. The van der Waals surface area contributed by atoms with Gasteiger partial charge in [-0.3, -0.25) is 9.97 Å². The summed E-state index contributed by atoms with van der Waals surface area (Å²) < 4.78 is 77.1. The normalized spacial score (nSPS) is 12.0. The van der Waals surface area contributed by atoms with Crippen molar-refractivity contribution in [3.63, 3.8) is 0 Å². The molecule has 37 heavy (non-hydrogen) atoms. The Labute approximate surface area is 209 Å². The molecule has 0 radical (unpaired) electrons. The minimum Gasteiger partial charge on any atom is -0.253 e. The third-order valence-electron chi connectivity index (χ3n) is 6.02. The molecule has 2 aromatic heterocycles. The second kappa shape index (κ2) is 9.69. The zero-order valence-electron chi connectivity index (χ0n) is 19.6. The number of aryl methyl sites for hydroxylation is 2. The zero-order valence-corrected chi connectivity index (χ0v) is 19.6. The van der Waals surface area contributed by atoms with E-state index in [2.05, 4.69) is 16.0 Å². The van der Waals surface area contributed by atoms with Gasteiger partial charge in [0.2, 0.25) is 0 Å². The lowest BCUT2D eigenvalue weighted by atomic mass is 9.89. The first kappa shape index (κ1) is 25.9. The lowest BCUT2D eigenvalue weighted by Crippen LogP contribution is -2.07. The van der Waals surface area contributed by atoms with Gasteiger partial charge in [-0.2, -0.15) is 31.6 Å². The quantitative estimate of drug-likeness (QED) is 0.260. The fourth-order valence-electron chi connectivity index (χ4n) is 4.04. The van der Waals surface area contributed by atoms with Crippen LogP contribution in [0.3, 0.4) is 0 Å². The Bertz CT molecular complexity index is 1360. The van der Waals surface area contributed by atoms with Crippen LogP contribution in [-0.2, 0) is 12.4 Å². The summed E-state index contributed by atoms with van der Waals surface area (Å²) in [6.45, 7) is 3.43. The minimum absolute atomic E-state index is 0.471. The van der Waals surface area contributed by atoms with Gasteiger partial charge in [0, 0.05) is 22.5 Å². The van der Waals surface area contributed by atoms with Crippen LogP contribution in [0.2, 0.25) is 0 Å². The van der Waals surface area contributed by atoms with E-state index in [1.54, 1.807) is 38.1 Å². The summed E-state index contributed by atoms with van der Waals surface area (Å²) >= 11 is 0. The van der Waals surface area contributed by atoms with Crippen LogP contribution in [0.25, 0.3) is 22.5 Å². The van der Waals surface area contributed by atoms with Crippen molar-refractivity contribution in [2.45, 2.75) is 32.1 Å². The van der Waals surface area contributed by atoms with Gasteiger partial charge in [0.15, 0.2) is 0 Å². The lowest BCUT2D eigenvalue weighted by molar-refractivity contribution is -0.138. The Kier molecular flexibility index (Phi) is 6.78. The average molecular weight is 511 g/mol. The fraction of sp³-hybridized carbons (Fsp3) is 0.179. The highest BCUT2D eigenvalue weighted by Crippen LogP contribution is 2.34. The van der Waals surface area contributed by atoms with Gasteiger partial charge in [0.25, 0.3) is 0 Å². The Morgan fingerprint density at radius 3 is 1.22 bits per heavy atom. The maximum atomic E-state index is 12.8. The summed E-state index contributed by atoms with van der Waals surface area (Å²) in [5, 5.41) is 9.95. The molecular weight excluding hydrogens is 492 g/mol. The number of aromatic nitrogens is 2. The zero-order chi connectivity index (χ0) is 27.0. The molecule has 0 amide bonds. The van der Waals surface area contributed by atoms with Gasteiger partial charge in [-0.15, -0.1) is 0 Å². The molecule has 3 nitrogen and oxygen atoms in total. The number of nitrogens with zero attached hydrogens (tertiary/aromatic N) is 3. The SMILES string of the molecule is Cc1nc(-c2ccc(C(F)(F)F)cc2)ccc1C(C#N)c1ccc(-c2ccc(C(F)(F)F)cc2)nc1C. The predicted octanol–water partition coefficient (Wildman–Crippen LogP) is 8.12. The second-order valence-corrected chi connectivity index (χ2v) is 8.45. The highest BCUT2D eigenvalue weighted by atomic mass is 19.4. The number of alkyl halides is 6. The van der Waals surface area contributed by atoms with Gasteiger partial charge < -0.3 is 0 Å². The smallest absolute Gasteiger partial charge is 0.253 e. The van der Waals surface area contributed by atoms with Crippen LogP contribution in [0.4, 0.5) is 26.3 Å². The van der Waals surface area contributed by atoms with E-state index in [9.17, 15) is 31.6 Å². The molecule has 0 N–H and O–H groups in total. The number of hydrogen-bond acceptors (Lipinski definition) is 3. The molecule has 4 aromatic rings. The molecule has 0 spiro atoms.